The molecule has 0 aliphatic heterocycles. The fraction of sp³-hybridized carbons (Fsp3) is 0.176. The Balaban J connectivity index is 1.48. The summed E-state index contributed by atoms with van der Waals surface area (Å²) in [6.45, 7) is 1.72. The number of benzene rings is 1. The van der Waals surface area contributed by atoms with Crippen LogP contribution in [0.3, 0.4) is 0 Å². The number of aryl methyl sites for hydroxylation is 1. The molecule has 2 aromatic heterocycles. The van der Waals surface area contributed by atoms with E-state index in [9.17, 15) is 4.79 Å². The van der Waals surface area contributed by atoms with Crippen LogP contribution in [-0.2, 0) is 16.1 Å². The van der Waals surface area contributed by atoms with Gasteiger partial charge in [0.1, 0.15) is 18.1 Å². The van der Waals surface area contributed by atoms with E-state index >= 15 is 0 Å². The number of esters is 1. The van der Waals surface area contributed by atoms with Crippen molar-refractivity contribution in [1.29, 1.82) is 0 Å². The van der Waals surface area contributed by atoms with Crippen LogP contribution in [0.5, 0.6) is 5.75 Å². The third-order valence-electron chi connectivity index (χ3n) is 3.19. The lowest BCUT2D eigenvalue weighted by atomic mass is 10.2. The zero-order chi connectivity index (χ0) is 16.9. The quantitative estimate of drug-likeness (QED) is 0.604. The van der Waals surface area contributed by atoms with E-state index in [0.717, 1.165) is 10.4 Å². The third-order valence-corrected chi connectivity index (χ3v) is 4.50. The first kappa shape index (κ1) is 16.5. The van der Waals surface area contributed by atoms with Crippen LogP contribution in [0.1, 0.15) is 11.3 Å². The molecule has 3 aromatic rings. The molecule has 0 amide bonds. The third kappa shape index (κ3) is 4.15. The zero-order valence-corrected chi connectivity index (χ0v) is 14.4. The van der Waals surface area contributed by atoms with Crippen LogP contribution >= 0.6 is 22.9 Å². The van der Waals surface area contributed by atoms with Crippen molar-refractivity contribution in [1.82, 2.24) is 5.16 Å². The maximum absolute atomic E-state index is 11.7. The summed E-state index contributed by atoms with van der Waals surface area (Å²) < 4.78 is 15.7. The zero-order valence-electron chi connectivity index (χ0n) is 12.8. The molecule has 2 heterocycles. The highest BCUT2D eigenvalue weighted by Gasteiger charge is 2.11. The average molecular weight is 364 g/mol. The van der Waals surface area contributed by atoms with Gasteiger partial charge in [-0.15, -0.1) is 11.3 Å². The first-order valence-electron chi connectivity index (χ1n) is 7.16. The summed E-state index contributed by atoms with van der Waals surface area (Å²) in [7, 11) is 0. The summed E-state index contributed by atoms with van der Waals surface area (Å²) in [5, 5.41) is 6.48. The number of ether oxygens (including phenoxy) is 2. The molecule has 7 heteroatoms. The fourth-order valence-electron chi connectivity index (χ4n) is 1.96. The van der Waals surface area contributed by atoms with Crippen molar-refractivity contribution in [3.63, 3.8) is 0 Å². The van der Waals surface area contributed by atoms with Crippen LogP contribution in [0.4, 0.5) is 0 Å². The van der Waals surface area contributed by atoms with Gasteiger partial charge in [-0.25, -0.2) is 4.79 Å². The molecule has 0 aliphatic rings. The maximum atomic E-state index is 11.7. The summed E-state index contributed by atoms with van der Waals surface area (Å²) in [6, 6.07) is 10.8. The van der Waals surface area contributed by atoms with Crippen LogP contribution in [0.15, 0.2) is 46.3 Å². The molecule has 124 valence electrons. The van der Waals surface area contributed by atoms with Gasteiger partial charge in [0, 0.05) is 11.1 Å². The van der Waals surface area contributed by atoms with Crippen LogP contribution in [0, 0.1) is 6.92 Å². The van der Waals surface area contributed by atoms with Crippen molar-refractivity contribution in [3.8, 4) is 16.4 Å². The Bertz CT molecular complexity index is 829. The van der Waals surface area contributed by atoms with Gasteiger partial charge in [-0.3, -0.25) is 0 Å². The molecule has 24 heavy (non-hydrogen) atoms. The molecule has 0 saturated carbocycles. The summed E-state index contributed by atoms with van der Waals surface area (Å²) in [4.78, 5) is 12.7. The molecule has 0 fully saturated rings. The van der Waals surface area contributed by atoms with Gasteiger partial charge in [0.25, 0.3) is 0 Å². The number of aromatic nitrogens is 1. The number of nitrogens with zero attached hydrogens (tertiary/aromatic N) is 1. The van der Waals surface area contributed by atoms with E-state index < -0.39 is 5.97 Å². The van der Waals surface area contributed by atoms with E-state index in [4.69, 9.17) is 25.6 Å². The highest BCUT2D eigenvalue weighted by atomic mass is 35.5. The van der Waals surface area contributed by atoms with Gasteiger partial charge in [0.15, 0.2) is 12.4 Å². The van der Waals surface area contributed by atoms with E-state index in [1.54, 1.807) is 35.6 Å². The minimum Gasteiger partial charge on any atom is -0.482 e. The number of carbonyl (C=O) groups excluding carboxylic acids is 1. The Kier molecular flexibility index (Phi) is 5.17. The molecule has 0 spiro atoms. The minimum atomic E-state index is -0.483. The second-order valence-electron chi connectivity index (χ2n) is 5.02. The number of rotatable bonds is 6. The van der Waals surface area contributed by atoms with Crippen molar-refractivity contribution in [2.45, 2.75) is 13.5 Å². The number of thiophene rings is 1. The highest BCUT2D eigenvalue weighted by molar-refractivity contribution is 7.13. The van der Waals surface area contributed by atoms with Crippen molar-refractivity contribution >= 4 is 28.9 Å². The molecule has 0 atom stereocenters. The van der Waals surface area contributed by atoms with Gasteiger partial charge >= 0.3 is 5.97 Å². The normalized spacial score (nSPS) is 10.6. The van der Waals surface area contributed by atoms with Gasteiger partial charge in [-0.05, 0) is 42.1 Å². The van der Waals surface area contributed by atoms with E-state index in [1.165, 1.54) is 0 Å². The largest absolute Gasteiger partial charge is 0.482 e. The SMILES string of the molecule is Cc1cc(OCC(=O)OCc2cc(-c3cccs3)on2)ccc1Cl. The van der Waals surface area contributed by atoms with Crippen LogP contribution in [0.2, 0.25) is 5.02 Å². The lowest BCUT2D eigenvalue weighted by Crippen LogP contribution is -2.14. The molecular weight excluding hydrogens is 350 g/mol. The molecule has 3 rings (SSSR count). The number of hydrogen-bond acceptors (Lipinski definition) is 6. The molecule has 0 N–H and O–H groups in total. The van der Waals surface area contributed by atoms with Gasteiger partial charge in [-0.2, -0.15) is 0 Å². The van der Waals surface area contributed by atoms with Crippen LogP contribution in [0.25, 0.3) is 10.6 Å². The molecular formula is C17H14ClNO4S. The standard InChI is InChI=1S/C17H14ClNO4S/c1-11-7-13(4-5-14(11)18)21-10-17(20)22-9-12-8-15(23-19-12)16-3-2-6-24-16/h2-8H,9-10H2,1H3. The predicted octanol–water partition coefficient (Wildman–Crippen LogP) is 4.49. The average Bonchev–Trinajstić information content (AvgIpc) is 3.25. The Hall–Kier alpha value is -2.31. The van der Waals surface area contributed by atoms with Crippen LogP contribution < -0.4 is 4.74 Å². The molecule has 5 nitrogen and oxygen atoms in total. The molecule has 0 saturated heterocycles. The van der Waals surface area contributed by atoms with Gasteiger partial charge in [0.2, 0.25) is 0 Å². The topological polar surface area (TPSA) is 61.6 Å². The Morgan fingerprint density at radius 1 is 1.33 bits per heavy atom. The molecule has 0 unspecified atom stereocenters. The van der Waals surface area contributed by atoms with Crippen molar-refractivity contribution in [2.75, 3.05) is 6.61 Å². The Morgan fingerprint density at radius 3 is 2.96 bits per heavy atom. The Morgan fingerprint density at radius 2 is 2.21 bits per heavy atom. The van der Waals surface area contributed by atoms with E-state index in [0.29, 0.717) is 22.2 Å². The van der Waals surface area contributed by atoms with Crippen molar-refractivity contribution in [3.05, 3.63) is 58.1 Å². The number of hydrogen-bond donors (Lipinski definition) is 0. The minimum absolute atomic E-state index is 0.0384. The molecule has 1 aromatic carbocycles. The van der Waals surface area contributed by atoms with Crippen molar-refractivity contribution in [2.24, 2.45) is 0 Å². The second-order valence-corrected chi connectivity index (χ2v) is 6.38. The van der Waals surface area contributed by atoms with Crippen LogP contribution in [-0.4, -0.2) is 17.7 Å². The lowest BCUT2D eigenvalue weighted by molar-refractivity contribution is -0.147. The van der Waals surface area contributed by atoms with Gasteiger partial charge in [-0.1, -0.05) is 22.8 Å². The summed E-state index contributed by atoms with van der Waals surface area (Å²) in [5.74, 6) is 0.738. The van der Waals surface area contributed by atoms with E-state index in [2.05, 4.69) is 5.16 Å². The van der Waals surface area contributed by atoms with E-state index in [-0.39, 0.29) is 13.2 Å². The highest BCUT2D eigenvalue weighted by Crippen LogP contribution is 2.25. The fourth-order valence-corrected chi connectivity index (χ4v) is 2.75. The lowest BCUT2D eigenvalue weighted by Gasteiger charge is -2.07. The smallest absolute Gasteiger partial charge is 0.344 e. The maximum Gasteiger partial charge on any atom is 0.344 e. The van der Waals surface area contributed by atoms with Crippen molar-refractivity contribution < 1.29 is 18.8 Å². The first-order valence-corrected chi connectivity index (χ1v) is 8.41. The first-order chi connectivity index (χ1) is 11.6. The number of halogens is 1. The predicted molar refractivity (Wildman–Crippen MR) is 91.3 cm³/mol. The molecule has 0 bridgehead atoms. The number of carbonyl (C=O) groups is 1. The summed E-state index contributed by atoms with van der Waals surface area (Å²) in [5.41, 5.74) is 1.43. The second kappa shape index (κ2) is 7.51. The monoisotopic (exact) mass is 363 g/mol. The molecule has 0 aliphatic carbocycles. The Labute approximate surface area is 147 Å². The van der Waals surface area contributed by atoms with Gasteiger partial charge < -0.3 is 14.0 Å². The summed E-state index contributed by atoms with van der Waals surface area (Å²) >= 11 is 7.49. The van der Waals surface area contributed by atoms with E-state index in [1.807, 2.05) is 24.4 Å². The van der Waals surface area contributed by atoms with Gasteiger partial charge in [0.05, 0.1) is 4.88 Å². The summed E-state index contributed by atoms with van der Waals surface area (Å²) in [6.07, 6.45) is 0. The molecule has 0 radical (unpaired) electrons.